The largest absolute Gasteiger partial charge is 0.441 e. The van der Waals surface area contributed by atoms with Gasteiger partial charge in [-0.25, -0.2) is 9.37 Å². The molecule has 1 saturated heterocycles. The summed E-state index contributed by atoms with van der Waals surface area (Å²) in [6.45, 7) is 2.63. The molecule has 2 aromatic rings. The molecule has 0 radical (unpaired) electrons. The maximum absolute atomic E-state index is 13.1. The van der Waals surface area contributed by atoms with Gasteiger partial charge >= 0.3 is 0 Å². The van der Waals surface area contributed by atoms with Crippen LogP contribution in [0.25, 0.3) is 11.5 Å². The van der Waals surface area contributed by atoms with Gasteiger partial charge in [0.1, 0.15) is 17.3 Å². The number of hydrogen-bond acceptors (Lipinski definition) is 7. The van der Waals surface area contributed by atoms with Crippen molar-refractivity contribution >= 4 is 22.9 Å². The summed E-state index contributed by atoms with van der Waals surface area (Å²) in [6.07, 6.45) is 4.37. The van der Waals surface area contributed by atoms with E-state index >= 15 is 0 Å². The third kappa shape index (κ3) is 5.72. The van der Waals surface area contributed by atoms with Crippen LogP contribution in [-0.2, 0) is 20.9 Å². The van der Waals surface area contributed by atoms with Gasteiger partial charge in [0.15, 0.2) is 0 Å². The van der Waals surface area contributed by atoms with Crippen molar-refractivity contribution in [2.75, 3.05) is 6.61 Å². The van der Waals surface area contributed by atoms with Crippen molar-refractivity contribution in [1.82, 2.24) is 10.3 Å². The number of imide groups is 1. The van der Waals surface area contributed by atoms with Crippen molar-refractivity contribution < 1.29 is 27.9 Å². The Hall–Kier alpha value is -2.23. The second-order valence-electron chi connectivity index (χ2n) is 7.79. The monoisotopic (exact) mass is 448 g/mol. The standard InChI is InChI=1S/C22H25FN2O5S/c1-13-18(24-21(30-13)14-5-7-15(23)8-6-14)12-29-17-4-2-3-16(11-17)28-10-9-19-20(26)25-22(27)31-19/h5-8,16-17,19H,2-4,9-12H2,1H3,(H,25,26,27). The third-order valence-corrected chi connectivity index (χ3v) is 6.57. The van der Waals surface area contributed by atoms with E-state index in [9.17, 15) is 14.0 Å². The van der Waals surface area contributed by atoms with E-state index in [1.54, 1.807) is 12.1 Å². The molecule has 1 aliphatic heterocycles. The minimum absolute atomic E-state index is 0.0647. The van der Waals surface area contributed by atoms with Crippen LogP contribution in [0.2, 0.25) is 0 Å². The van der Waals surface area contributed by atoms with Crippen molar-refractivity contribution in [3.05, 3.63) is 41.5 Å². The molecule has 9 heteroatoms. The van der Waals surface area contributed by atoms with Crippen molar-refractivity contribution in [3.8, 4) is 11.5 Å². The van der Waals surface area contributed by atoms with Gasteiger partial charge in [-0.2, -0.15) is 0 Å². The molecule has 4 rings (SSSR count). The van der Waals surface area contributed by atoms with Crippen molar-refractivity contribution in [2.24, 2.45) is 0 Å². The highest BCUT2D eigenvalue weighted by molar-refractivity contribution is 8.15. The lowest BCUT2D eigenvalue weighted by atomic mass is 9.95. The molecule has 1 N–H and O–H groups in total. The van der Waals surface area contributed by atoms with E-state index in [4.69, 9.17) is 13.9 Å². The van der Waals surface area contributed by atoms with Gasteiger partial charge in [0.2, 0.25) is 11.8 Å². The number of halogens is 1. The number of carbonyl (C=O) groups is 2. The van der Waals surface area contributed by atoms with E-state index in [2.05, 4.69) is 10.3 Å². The van der Waals surface area contributed by atoms with Crippen molar-refractivity contribution in [1.29, 1.82) is 0 Å². The Labute approximate surface area is 184 Å². The predicted octanol–water partition coefficient (Wildman–Crippen LogP) is 4.38. The lowest BCUT2D eigenvalue weighted by Gasteiger charge is -2.29. The zero-order chi connectivity index (χ0) is 21.8. The Morgan fingerprint density at radius 1 is 1.19 bits per heavy atom. The summed E-state index contributed by atoms with van der Waals surface area (Å²) in [7, 11) is 0. The van der Waals surface area contributed by atoms with E-state index in [1.807, 2.05) is 6.92 Å². The van der Waals surface area contributed by atoms with E-state index in [-0.39, 0.29) is 34.4 Å². The Balaban J connectivity index is 1.24. The van der Waals surface area contributed by atoms with Gasteiger partial charge in [-0.05, 0) is 63.3 Å². The Bertz CT molecular complexity index is 932. The topological polar surface area (TPSA) is 90.7 Å². The number of nitrogens with one attached hydrogen (secondary N) is 1. The molecule has 1 aliphatic carbocycles. The highest BCUT2D eigenvalue weighted by atomic mass is 32.2. The van der Waals surface area contributed by atoms with Crippen LogP contribution < -0.4 is 5.32 Å². The SMILES string of the molecule is Cc1oc(-c2ccc(F)cc2)nc1COC1CCCC(OCCC2SC(=O)NC2=O)C1. The number of aryl methyl sites for hydroxylation is 1. The fourth-order valence-electron chi connectivity index (χ4n) is 3.80. The second kappa shape index (κ2) is 9.93. The third-order valence-electron chi connectivity index (χ3n) is 5.52. The Kier molecular flexibility index (Phi) is 7.04. The average Bonchev–Trinajstić information content (AvgIpc) is 3.28. The highest BCUT2D eigenvalue weighted by Gasteiger charge is 2.31. The number of nitrogens with zero attached hydrogens (tertiary/aromatic N) is 1. The minimum atomic E-state index is -0.353. The lowest BCUT2D eigenvalue weighted by molar-refractivity contribution is -0.119. The lowest BCUT2D eigenvalue weighted by Crippen LogP contribution is -2.30. The van der Waals surface area contributed by atoms with Crippen LogP contribution in [-0.4, -0.2) is 40.2 Å². The number of hydrogen-bond donors (Lipinski definition) is 1. The van der Waals surface area contributed by atoms with Gasteiger partial charge < -0.3 is 13.9 Å². The summed E-state index contributed by atoms with van der Waals surface area (Å²) in [5, 5.41) is 1.65. The van der Waals surface area contributed by atoms with Crippen LogP contribution in [0.5, 0.6) is 0 Å². The molecule has 2 heterocycles. The number of ether oxygens (including phenoxy) is 2. The molecule has 1 saturated carbocycles. The molecule has 166 valence electrons. The molecule has 1 aromatic heterocycles. The molecule has 7 nitrogen and oxygen atoms in total. The first-order valence-corrected chi connectivity index (χ1v) is 11.3. The first kappa shape index (κ1) is 22.0. The number of thioether (sulfide) groups is 1. The molecule has 0 bridgehead atoms. The number of carbonyl (C=O) groups excluding carboxylic acids is 2. The summed E-state index contributed by atoms with van der Waals surface area (Å²) in [5.41, 5.74) is 1.45. The molecule has 3 unspecified atom stereocenters. The second-order valence-corrected chi connectivity index (χ2v) is 8.97. The van der Waals surface area contributed by atoms with E-state index in [1.165, 1.54) is 12.1 Å². The van der Waals surface area contributed by atoms with Gasteiger partial charge in [0.25, 0.3) is 5.24 Å². The average molecular weight is 449 g/mol. The summed E-state index contributed by atoms with van der Waals surface area (Å²) >= 11 is 1.03. The summed E-state index contributed by atoms with van der Waals surface area (Å²) in [5.74, 6) is 0.605. The molecular formula is C22H25FN2O5S. The van der Waals surface area contributed by atoms with Gasteiger partial charge in [-0.3, -0.25) is 14.9 Å². The number of benzene rings is 1. The predicted molar refractivity (Wildman–Crippen MR) is 113 cm³/mol. The number of aromatic nitrogens is 1. The maximum Gasteiger partial charge on any atom is 0.286 e. The number of oxazole rings is 1. The Morgan fingerprint density at radius 2 is 1.94 bits per heavy atom. The fourth-order valence-corrected chi connectivity index (χ4v) is 4.60. The quantitative estimate of drug-likeness (QED) is 0.641. The van der Waals surface area contributed by atoms with Crippen LogP contribution in [0.4, 0.5) is 9.18 Å². The van der Waals surface area contributed by atoms with E-state index in [0.717, 1.165) is 48.7 Å². The summed E-state index contributed by atoms with van der Waals surface area (Å²) in [6, 6.07) is 6.03. The molecular weight excluding hydrogens is 423 g/mol. The molecule has 31 heavy (non-hydrogen) atoms. The number of rotatable bonds is 8. The molecule has 1 aromatic carbocycles. The molecule has 3 atom stereocenters. The molecule has 2 fully saturated rings. The van der Waals surface area contributed by atoms with Gasteiger partial charge in [0.05, 0.1) is 24.1 Å². The Morgan fingerprint density at radius 3 is 2.65 bits per heavy atom. The van der Waals surface area contributed by atoms with Gasteiger partial charge in [-0.1, -0.05) is 11.8 Å². The van der Waals surface area contributed by atoms with Gasteiger partial charge in [-0.15, -0.1) is 0 Å². The van der Waals surface area contributed by atoms with Crippen molar-refractivity contribution in [3.63, 3.8) is 0 Å². The van der Waals surface area contributed by atoms with Gasteiger partial charge in [0, 0.05) is 12.2 Å². The number of amides is 2. The highest BCUT2D eigenvalue weighted by Crippen LogP contribution is 2.28. The molecule has 0 spiro atoms. The van der Waals surface area contributed by atoms with Crippen LogP contribution >= 0.6 is 11.8 Å². The van der Waals surface area contributed by atoms with Crippen LogP contribution in [0, 0.1) is 12.7 Å². The van der Waals surface area contributed by atoms with Crippen molar-refractivity contribution in [2.45, 2.75) is 63.1 Å². The zero-order valence-electron chi connectivity index (χ0n) is 17.3. The maximum atomic E-state index is 13.1. The summed E-state index contributed by atoms with van der Waals surface area (Å²) in [4.78, 5) is 27.3. The van der Waals surface area contributed by atoms with Crippen LogP contribution in [0.15, 0.2) is 28.7 Å². The smallest absolute Gasteiger partial charge is 0.286 e. The summed E-state index contributed by atoms with van der Waals surface area (Å²) < 4.78 is 30.9. The molecule has 2 amide bonds. The fraction of sp³-hybridized carbons (Fsp3) is 0.500. The van der Waals surface area contributed by atoms with E-state index < -0.39 is 0 Å². The minimum Gasteiger partial charge on any atom is -0.441 e. The van der Waals surface area contributed by atoms with Crippen LogP contribution in [0.3, 0.4) is 0 Å². The molecule has 2 aliphatic rings. The first-order valence-electron chi connectivity index (χ1n) is 10.4. The van der Waals surface area contributed by atoms with Crippen LogP contribution in [0.1, 0.15) is 43.6 Å². The normalized spacial score (nSPS) is 23.9. The zero-order valence-corrected chi connectivity index (χ0v) is 18.1. The van der Waals surface area contributed by atoms with E-state index in [0.29, 0.717) is 31.3 Å². The first-order chi connectivity index (χ1) is 15.0.